The van der Waals surface area contributed by atoms with Gasteiger partial charge in [0.25, 0.3) is 0 Å². The van der Waals surface area contributed by atoms with Crippen molar-refractivity contribution >= 4 is 6.08 Å². The van der Waals surface area contributed by atoms with Gasteiger partial charge in [-0.1, -0.05) is 113 Å². The fourth-order valence-corrected chi connectivity index (χ4v) is 4.08. The molecule has 0 nitrogen and oxygen atoms in total. The van der Waals surface area contributed by atoms with Crippen LogP contribution in [0.4, 0.5) is 0 Å². The van der Waals surface area contributed by atoms with Crippen molar-refractivity contribution in [3.8, 4) is 22.3 Å². The third-order valence-electron chi connectivity index (χ3n) is 5.69. The number of hydrogen-bond donors (Lipinski definition) is 0. The molecule has 28 heavy (non-hydrogen) atoms. The standard InChI is InChI=1S/C28H29/c1-19(2)23-16-15-21-17-22(28(3,4)5)18-26(21)27(23)25-14-10-9-13-24(25)20-11-7-6-8-12-20/h6-19H,1-5H3. The second-order valence-electron chi connectivity index (χ2n) is 9.09. The summed E-state index contributed by atoms with van der Waals surface area (Å²) in [6, 6.07) is 24.2. The molecule has 0 aliphatic heterocycles. The number of fused-ring (bicyclic) bond motifs is 1. The van der Waals surface area contributed by atoms with Gasteiger partial charge >= 0.3 is 0 Å². The molecule has 0 N–H and O–H groups in total. The summed E-state index contributed by atoms with van der Waals surface area (Å²) in [5.74, 6) is 0.469. The van der Waals surface area contributed by atoms with E-state index in [0.717, 1.165) is 0 Å². The van der Waals surface area contributed by atoms with Gasteiger partial charge in [0.2, 0.25) is 0 Å². The fourth-order valence-electron chi connectivity index (χ4n) is 4.08. The monoisotopic (exact) mass is 365 g/mol. The van der Waals surface area contributed by atoms with Gasteiger partial charge in [-0.15, -0.1) is 0 Å². The molecule has 0 atom stereocenters. The van der Waals surface area contributed by atoms with Crippen LogP contribution in [0.3, 0.4) is 0 Å². The average molecular weight is 366 g/mol. The van der Waals surface area contributed by atoms with Crippen molar-refractivity contribution in [3.63, 3.8) is 0 Å². The maximum absolute atomic E-state index is 2.42. The molecule has 0 bridgehead atoms. The van der Waals surface area contributed by atoms with Gasteiger partial charge in [0.1, 0.15) is 0 Å². The minimum Gasteiger partial charge on any atom is -0.0622 e. The van der Waals surface area contributed by atoms with Crippen molar-refractivity contribution < 1.29 is 0 Å². The van der Waals surface area contributed by atoms with E-state index in [1.807, 2.05) is 0 Å². The number of rotatable bonds is 3. The molecule has 141 valence electrons. The molecule has 1 radical (unpaired) electrons. The van der Waals surface area contributed by atoms with Gasteiger partial charge < -0.3 is 0 Å². The Morgan fingerprint density at radius 2 is 1.36 bits per heavy atom. The first-order chi connectivity index (χ1) is 13.4. The summed E-state index contributed by atoms with van der Waals surface area (Å²) in [7, 11) is 0. The summed E-state index contributed by atoms with van der Waals surface area (Å²) >= 11 is 0. The highest BCUT2D eigenvalue weighted by molar-refractivity contribution is 5.92. The molecule has 0 unspecified atom stereocenters. The zero-order chi connectivity index (χ0) is 19.9. The largest absolute Gasteiger partial charge is 0.0622 e. The molecular formula is C28H29. The predicted molar refractivity (Wildman–Crippen MR) is 122 cm³/mol. The third kappa shape index (κ3) is 3.33. The molecule has 0 fully saturated rings. The van der Waals surface area contributed by atoms with Crippen LogP contribution >= 0.6 is 0 Å². The van der Waals surface area contributed by atoms with Gasteiger partial charge in [-0.05, 0) is 50.3 Å². The lowest BCUT2D eigenvalue weighted by atomic mass is 9.84. The van der Waals surface area contributed by atoms with E-state index < -0.39 is 0 Å². The van der Waals surface area contributed by atoms with Crippen molar-refractivity contribution in [2.24, 2.45) is 5.41 Å². The summed E-state index contributed by atoms with van der Waals surface area (Å²) in [6.45, 7) is 11.5. The maximum atomic E-state index is 2.42. The first kappa shape index (κ1) is 18.7. The predicted octanol–water partition coefficient (Wildman–Crippen LogP) is 8.14. The lowest BCUT2D eigenvalue weighted by Gasteiger charge is -2.20. The quantitative estimate of drug-likeness (QED) is 0.439. The lowest BCUT2D eigenvalue weighted by molar-refractivity contribution is 0.516. The Kier molecular flexibility index (Phi) is 4.75. The van der Waals surface area contributed by atoms with Crippen molar-refractivity contribution in [2.75, 3.05) is 0 Å². The van der Waals surface area contributed by atoms with E-state index in [-0.39, 0.29) is 5.41 Å². The Balaban J connectivity index is 2.00. The van der Waals surface area contributed by atoms with Crippen LogP contribution in [0.1, 0.15) is 57.2 Å². The Morgan fingerprint density at radius 1 is 0.714 bits per heavy atom. The summed E-state index contributed by atoms with van der Waals surface area (Å²) in [4.78, 5) is 0. The Labute approximate surface area is 169 Å². The number of benzene rings is 3. The molecule has 0 saturated heterocycles. The van der Waals surface area contributed by atoms with E-state index in [9.17, 15) is 0 Å². The molecule has 3 aromatic carbocycles. The van der Waals surface area contributed by atoms with Gasteiger partial charge in [0.15, 0.2) is 0 Å². The van der Waals surface area contributed by atoms with Crippen molar-refractivity contribution in [1.29, 1.82) is 0 Å². The summed E-state index contributed by atoms with van der Waals surface area (Å²) < 4.78 is 0. The molecule has 0 heteroatoms. The van der Waals surface area contributed by atoms with Gasteiger partial charge in [-0.2, -0.15) is 0 Å². The Bertz CT molecular complexity index is 1030. The van der Waals surface area contributed by atoms with Crippen molar-refractivity contribution in [2.45, 2.75) is 40.5 Å². The van der Waals surface area contributed by atoms with Gasteiger partial charge in [0.05, 0.1) is 0 Å². The number of allylic oxidation sites excluding steroid dienone is 1. The molecule has 1 aliphatic rings. The van der Waals surface area contributed by atoms with Crippen LogP contribution in [0.15, 0.2) is 72.3 Å². The number of hydrogen-bond acceptors (Lipinski definition) is 0. The van der Waals surface area contributed by atoms with E-state index in [4.69, 9.17) is 0 Å². The molecule has 4 rings (SSSR count). The van der Waals surface area contributed by atoms with Crippen LogP contribution in [-0.4, -0.2) is 0 Å². The van der Waals surface area contributed by atoms with Crippen LogP contribution in [-0.2, 0) is 0 Å². The Hall–Kier alpha value is -2.60. The van der Waals surface area contributed by atoms with Crippen LogP contribution in [0.5, 0.6) is 0 Å². The molecule has 0 saturated carbocycles. The highest BCUT2D eigenvalue weighted by Gasteiger charge is 2.27. The summed E-state index contributed by atoms with van der Waals surface area (Å²) in [6.07, 6.45) is 4.78. The first-order valence-corrected chi connectivity index (χ1v) is 10.2. The van der Waals surface area contributed by atoms with E-state index in [1.54, 1.807) is 0 Å². The second kappa shape index (κ2) is 7.09. The Morgan fingerprint density at radius 3 is 2.00 bits per heavy atom. The van der Waals surface area contributed by atoms with Crippen LogP contribution in [0.25, 0.3) is 28.3 Å². The summed E-state index contributed by atoms with van der Waals surface area (Å²) in [5.41, 5.74) is 11.0. The highest BCUT2D eigenvalue weighted by Crippen LogP contribution is 2.46. The minimum absolute atomic E-state index is 0.146. The van der Waals surface area contributed by atoms with Crippen molar-refractivity contribution in [1.82, 2.24) is 0 Å². The zero-order valence-electron chi connectivity index (χ0n) is 17.6. The molecule has 3 aromatic rings. The van der Waals surface area contributed by atoms with Gasteiger partial charge in [0, 0.05) is 6.42 Å². The topological polar surface area (TPSA) is 0 Å². The smallest absolute Gasteiger partial charge is 0.0170 e. The van der Waals surface area contributed by atoms with Gasteiger partial charge in [-0.3, -0.25) is 0 Å². The van der Waals surface area contributed by atoms with Crippen LogP contribution in [0.2, 0.25) is 0 Å². The molecule has 0 heterocycles. The first-order valence-electron chi connectivity index (χ1n) is 10.2. The third-order valence-corrected chi connectivity index (χ3v) is 5.69. The van der Waals surface area contributed by atoms with Crippen LogP contribution in [0, 0.1) is 11.8 Å². The normalized spacial score (nSPS) is 13.6. The summed E-state index contributed by atoms with van der Waals surface area (Å²) in [5, 5.41) is 0. The SMILES string of the molecule is CC(C)c1ccc2c(c1-c1ccccc1-c1ccccc1)C=C(C(C)(C)C)[CH]2. The zero-order valence-corrected chi connectivity index (χ0v) is 17.6. The molecular weight excluding hydrogens is 336 g/mol. The van der Waals surface area contributed by atoms with E-state index in [0.29, 0.717) is 5.92 Å². The van der Waals surface area contributed by atoms with Crippen LogP contribution < -0.4 is 0 Å². The van der Waals surface area contributed by atoms with E-state index in [1.165, 1.54) is 44.5 Å². The molecule has 1 aliphatic carbocycles. The fraction of sp³-hybridized carbons (Fsp3) is 0.250. The molecule has 0 amide bonds. The minimum atomic E-state index is 0.146. The average Bonchev–Trinajstić information content (AvgIpc) is 3.13. The lowest BCUT2D eigenvalue weighted by Crippen LogP contribution is -2.07. The van der Waals surface area contributed by atoms with Crippen molar-refractivity contribution in [3.05, 3.63) is 95.4 Å². The second-order valence-corrected chi connectivity index (χ2v) is 9.09. The highest BCUT2D eigenvalue weighted by atomic mass is 14.3. The van der Waals surface area contributed by atoms with Gasteiger partial charge in [-0.25, -0.2) is 0 Å². The maximum Gasteiger partial charge on any atom is 0.0170 e. The molecule has 0 spiro atoms. The molecule has 0 aromatic heterocycles. The van der Waals surface area contributed by atoms with E-state index >= 15 is 0 Å². The van der Waals surface area contributed by atoms with E-state index in [2.05, 4.69) is 114 Å².